The van der Waals surface area contributed by atoms with E-state index in [9.17, 15) is 4.39 Å². The lowest BCUT2D eigenvalue weighted by Crippen LogP contribution is -2.13. The molecule has 0 unspecified atom stereocenters. The molecular weight excluding hydrogens is 332 g/mol. The summed E-state index contributed by atoms with van der Waals surface area (Å²) in [5.41, 5.74) is 1.83. The summed E-state index contributed by atoms with van der Waals surface area (Å²) in [5.74, 6) is -0.361. The van der Waals surface area contributed by atoms with Crippen LogP contribution in [0.25, 0.3) is 11.1 Å². The van der Waals surface area contributed by atoms with Gasteiger partial charge >= 0.3 is 0 Å². The van der Waals surface area contributed by atoms with E-state index in [0.29, 0.717) is 32.7 Å². The third-order valence-electron chi connectivity index (χ3n) is 3.06. The summed E-state index contributed by atoms with van der Waals surface area (Å²) in [6.07, 6.45) is 1.04. The van der Waals surface area contributed by atoms with Crippen LogP contribution in [-0.4, -0.2) is 6.54 Å². The van der Waals surface area contributed by atoms with Gasteiger partial charge in [0.05, 0.1) is 10.0 Å². The van der Waals surface area contributed by atoms with Gasteiger partial charge in [-0.1, -0.05) is 47.8 Å². The van der Waals surface area contributed by atoms with E-state index in [1.165, 1.54) is 6.07 Å². The van der Waals surface area contributed by atoms with E-state index in [1.54, 1.807) is 24.3 Å². The first-order chi connectivity index (χ1) is 10.0. The highest BCUT2D eigenvalue weighted by atomic mass is 35.5. The monoisotopic (exact) mass is 345 g/mol. The number of rotatable bonds is 5. The molecule has 1 nitrogen and oxygen atoms in total. The van der Waals surface area contributed by atoms with Crippen LogP contribution in [0.3, 0.4) is 0 Å². The highest BCUT2D eigenvalue weighted by Crippen LogP contribution is 2.38. The van der Waals surface area contributed by atoms with Crippen molar-refractivity contribution in [2.45, 2.75) is 19.9 Å². The van der Waals surface area contributed by atoms with E-state index < -0.39 is 0 Å². The van der Waals surface area contributed by atoms with Gasteiger partial charge in [-0.3, -0.25) is 0 Å². The Morgan fingerprint density at radius 3 is 2.33 bits per heavy atom. The molecule has 0 saturated carbocycles. The Morgan fingerprint density at radius 1 is 1.05 bits per heavy atom. The Bertz CT molecular complexity index is 620. The zero-order chi connectivity index (χ0) is 15.4. The van der Waals surface area contributed by atoms with Crippen LogP contribution in [0.15, 0.2) is 30.3 Å². The largest absolute Gasteiger partial charge is 0.313 e. The summed E-state index contributed by atoms with van der Waals surface area (Å²) in [6, 6.07) is 8.06. The second-order valence-corrected chi connectivity index (χ2v) is 5.99. The van der Waals surface area contributed by atoms with E-state index in [2.05, 4.69) is 12.2 Å². The van der Waals surface area contributed by atoms with Gasteiger partial charge in [0.2, 0.25) is 0 Å². The lowest BCUT2D eigenvalue weighted by atomic mass is 10.0. The maximum Gasteiger partial charge on any atom is 0.131 e. The number of nitrogens with one attached hydrogen (secondary N) is 1. The van der Waals surface area contributed by atoms with E-state index in [1.807, 2.05) is 0 Å². The molecule has 0 bridgehead atoms. The van der Waals surface area contributed by atoms with Crippen molar-refractivity contribution in [3.63, 3.8) is 0 Å². The number of hydrogen-bond donors (Lipinski definition) is 1. The van der Waals surface area contributed by atoms with Crippen molar-refractivity contribution in [3.8, 4) is 11.1 Å². The van der Waals surface area contributed by atoms with Crippen molar-refractivity contribution in [3.05, 3.63) is 56.8 Å². The maximum atomic E-state index is 14.1. The van der Waals surface area contributed by atoms with E-state index in [4.69, 9.17) is 34.8 Å². The standard InChI is InChI=1S/C16H15Cl3FN/c1-2-5-21-9-10-3-4-15(20)12(6-10)16-13(18)7-11(17)8-14(16)19/h3-4,6-8,21H,2,5,9H2,1H3. The minimum Gasteiger partial charge on any atom is -0.313 e. The van der Waals surface area contributed by atoms with Gasteiger partial charge < -0.3 is 5.32 Å². The third kappa shape index (κ3) is 4.10. The van der Waals surface area contributed by atoms with Crippen LogP contribution in [0.1, 0.15) is 18.9 Å². The van der Waals surface area contributed by atoms with Gasteiger partial charge in [-0.05, 0) is 42.8 Å². The van der Waals surface area contributed by atoms with Crippen molar-refractivity contribution in [1.29, 1.82) is 0 Å². The van der Waals surface area contributed by atoms with Crippen molar-refractivity contribution in [1.82, 2.24) is 5.32 Å². The van der Waals surface area contributed by atoms with Gasteiger partial charge in [0, 0.05) is 22.7 Å². The predicted molar refractivity (Wildman–Crippen MR) is 88.9 cm³/mol. The predicted octanol–water partition coefficient (Wildman–Crippen LogP) is 5.95. The molecule has 2 rings (SSSR count). The Hall–Kier alpha value is -0.800. The topological polar surface area (TPSA) is 12.0 Å². The highest BCUT2D eigenvalue weighted by molar-refractivity contribution is 6.41. The van der Waals surface area contributed by atoms with Gasteiger partial charge in [0.1, 0.15) is 5.82 Å². The molecule has 0 amide bonds. The van der Waals surface area contributed by atoms with Gasteiger partial charge in [-0.15, -0.1) is 0 Å². The Balaban J connectivity index is 2.41. The summed E-state index contributed by atoms with van der Waals surface area (Å²) >= 11 is 18.2. The maximum absolute atomic E-state index is 14.1. The molecular formula is C16H15Cl3FN. The zero-order valence-electron chi connectivity index (χ0n) is 11.5. The molecule has 0 aromatic heterocycles. The third-order valence-corrected chi connectivity index (χ3v) is 3.88. The van der Waals surface area contributed by atoms with Crippen LogP contribution in [-0.2, 0) is 6.54 Å². The Morgan fingerprint density at radius 2 is 1.71 bits per heavy atom. The van der Waals surface area contributed by atoms with Crippen LogP contribution in [0.5, 0.6) is 0 Å². The van der Waals surface area contributed by atoms with Crippen LogP contribution < -0.4 is 5.32 Å². The summed E-state index contributed by atoms with van der Waals surface area (Å²) < 4.78 is 14.1. The minimum atomic E-state index is -0.361. The quantitative estimate of drug-likeness (QED) is 0.659. The van der Waals surface area contributed by atoms with Gasteiger partial charge in [0.25, 0.3) is 0 Å². The number of benzene rings is 2. The summed E-state index contributed by atoms with van der Waals surface area (Å²) in [4.78, 5) is 0. The van der Waals surface area contributed by atoms with Crippen molar-refractivity contribution < 1.29 is 4.39 Å². The molecule has 0 aliphatic heterocycles. The van der Waals surface area contributed by atoms with E-state index in [-0.39, 0.29) is 5.82 Å². The molecule has 2 aromatic carbocycles. The van der Waals surface area contributed by atoms with Gasteiger partial charge in [-0.2, -0.15) is 0 Å². The molecule has 0 heterocycles. The minimum absolute atomic E-state index is 0.338. The fourth-order valence-electron chi connectivity index (χ4n) is 2.08. The highest BCUT2D eigenvalue weighted by Gasteiger charge is 2.14. The van der Waals surface area contributed by atoms with Crippen LogP contribution in [0, 0.1) is 5.82 Å². The lowest BCUT2D eigenvalue weighted by Gasteiger charge is -2.11. The van der Waals surface area contributed by atoms with Crippen LogP contribution in [0.4, 0.5) is 4.39 Å². The van der Waals surface area contributed by atoms with Crippen molar-refractivity contribution >= 4 is 34.8 Å². The van der Waals surface area contributed by atoms with Crippen LogP contribution >= 0.6 is 34.8 Å². The van der Waals surface area contributed by atoms with Gasteiger partial charge in [-0.25, -0.2) is 4.39 Å². The van der Waals surface area contributed by atoms with E-state index >= 15 is 0 Å². The fraction of sp³-hybridized carbons (Fsp3) is 0.250. The molecule has 0 spiro atoms. The second-order valence-electron chi connectivity index (χ2n) is 4.74. The molecule has 2 aromatic rings. The lowest BCUT2D eigenvalue weighted by molar-refractivity contribution is 0.628. The second kappa shape index (κ2) is 7.46. The van der Waals surface area contributed by atoms with Crippen molar-refractivity contribution in [2.24, 2.45) is 0 Å². The summed E-state index contributed by atoms with van der Waals surface area (Å²) in [7, 11) is 0. The van der Waals surface area contributed by atoms with E-state index in [0.717, 1.165) is 18.5 Å². The average Bonchev–Trinajstić information content (AvgIpc) is 2.41. The van der Waals surface area contributed by atoms with Crippen LogP contribution in [0.2, 0.25) is 15.1 Å². The molecule has 112 valence electrons. The first-order valence-corrected chi connectivity index (χ1v) is 7.80. The average molecular weight is 347 g/mol. The molecule has 0 aliphatic rings. The molecule has 5 heteroatoms. The Kier molecular flexibility index (Phi) is 5.88. The SMILES string of the molecule is CCCNCc1ccc(F)c(-c2c(Cl)cc(Cl)cc2Cl)c1. The Labute approximate surface area is 139 Å². The molecule has 0 atom stereocenters. The first kappa shape index (κ1) is 16.6. The van der Waals surface area contributed by atoms with Crippen molar-refractivity contribution in [2.75, 3.05) is 6.54 Å². The first-order valence-electron chi connectivity index (χ1n) is 6.67. The normalized spacial score (nSPS) is 10.9. The smallest absolute Gasteiger partial charge is 0.131 e. The molecule has 0 saturated heterocycles. The van der Waals surface area contributed by atoms with Gasteiger partial charge in [0.15, 0.2) is 0 Å². The molecule has 1 N–H and O–H groups in total. The summed E-state index contributed by atoms with van der Waals surface area (Å²) in [6.45, 7) is 3.68. The number of hydrogen-bond acceptors (Lipinski definition) is 1. The molecule has 0 aliphatic carbocycles. The molecule has 21 heavy (non-hydrogen) atoms. The molecule has 0 radical (unpaired) electrons. The number of halogens is 4. The fourth-order valence-corrected chi connectivity index (χ4v) is 3.10. The summed E-state index contributed by atoms with van der Waals surface area (Å²) in [5, 5.41) is 4.38. The molecule has 0 fully saturated rings. The zero-order valence-corrected chi connectivity index (χ0v) is 13.8.